The van der Waals surface area contributed by atoms with Crippen molar-refractivity contribution in [3.63, 3.8) is 0 Å². The van der Waals surface area contributed by atoms with E-state index in [0.29, 0.717) is 25.9 Å². The van der Waals surface area contributed by atoms with E-state index < -0.39 is 0 Å². The summed E-state index contributed by atoms with van der Waals surface area (Å²) >= 11 is 0. The van der Waals surface area contributed by atoms with E-state index in [-0.39, 0.29) is 24.4 Å². The highest BCUT2D eigenvalue weighted by atomic mass is 16.2. The minimum absolute atomic E-state index is 0.00362. The molecule has 0 radical (unpaired) electrons. The number of imide groups is 1. The number of nitrogens with zero attached hydrogens (tertiary/aromatic N) is 3. The van der Waals surface area contributed by atoms with Gasteiger partial charge in [0.1, 0.15) is 6.54 Å². The molecular weight excluding hydrogens is 296 g/mol. The standard InChI is InChI=1S/C16H28N4O3/c1-18-13-15(22)20(16(18)23)12-5-7-14(21)17-8-6-11-19-9-3-2-4-10-19/h2-13H2,1H3,(H,17,21). The number of urea groups is 1. The molecule has 0 atom stereocenters. The molecule has 23 heavy (non-hydrogen) atoms. The molecular formula is C16H28N4O3. The Kier molecular flexibility index (Phi) is 6.83. The van der Waals surface area contributed by atoms with Crippen molar-refractivity contribution in [2.45, 2.75) is 38.5 Å². The smallest absolute Gasteiger partial charge is 0.326 e. The molecule has 2 heterocycles. The average molecular weight is 324 g/mol. The second kappa shape index (κ2) is 8.86. The normalized spacial score (nSPS) is 19.5. The first kappa shape index (κ1) is 17.7. The number of hydrogen-bond donors (Lipinski definition) is 1. The topological polar surface area (TPSA) is 73.0 Å². The Morgan fingerprint density at radius 3 is 2.48 bits per heavy atom. The first-order valence-corrected chi connectivity index (χ1v) is 8.62. The van der Waals surface area contributed by atoms with Crippen LogP contribution in [-0.2, 0) is 9.59 Å². The molecule has 0 aliphatic carbocycles. The molecule has 0 spiro atoms. The summed E-state index contributed by atoms with van der Waals surface area (Å²) in [6.07, 6.45) is 5.75. The van der Waals surface area contributed by atoms with Gasteiger partial charge in [-0.15, -0.1) is 0 Å². The first-order chi connectivity index (χ1) is 11.1. The van der Waals surface area contributed by atoms with E-state index in [1.165, 1.54) is 42.2 Å². The molecule has 0 saturated carbocycles. The fourth-order valence-corrected chi connectivity index (χ4v) is 3.09. The lowest BCUT2D eigenvalue weighted by Gasteiger charge is -2.26. The van der Waals surface area contributed by atoms with Crippen molar-refractivity contribution in [1.29, 1.82) is 0 Å². The summed E-state index contributed by atoms with van der Waals surface area (Å²) in [5.74, 6) is -0.185. The third-order valence-corrected chi connectivity index (χ3v) is 4.44. The summed E-state index contributed by atoms with van der Waals surface area (Å²) in [6.45, 7) is 4.56. The third-order valence-electron chi connectivity index (χ3n) is 4.44. The zero-order valence-corrected chi connectivity index (χ0v) is 14.1. The lowest BCUT2D eigenvalue weighted by atomic mass is 10.1. The molecule has 0 bridgehead atoms. The number of rotatable bonds is 8. The number of nitrogens with one attached hydrogen (secondary N) is 1. The molecule has 0 aromatic heterocycles. The van der Waals surface area contributed by atoms with Gasteiger partial charge in [0.15, 0.2) is 0 Å². The van der Waals surface area contributed by atoms with Crippen molar-refractivity contribution in [2.75, 3.05) is 46.3 Å². The van der Waals surface area contributed by atoms with Gasteiger partial charge in [0.2, 0.25) is 11.8 Å². The van der Waals surface area contributed by atoms with Crippen LogP contribution in [-0.4, -0.2) is 78.9 Å². The summed E-state index contributed by atoms with van der Waals surface area (Å²) in [4.78, 5) is 40.1. The van der Waals surface area contributed by atoms with E-state index in [9.17, 15) is 14.4 Å². The van der Waals surface area contributed by atoms with Crippen LogP contribution in [0.15, 0.2) is 0 Å². The van der Waals surface area contributed by atoms with Crippen molar-refractivity contribution >= 4 is 17.8 Å². The summed E-state index contributed by atoms with van der Waals surface area (Å²) in [6, 6.07) is -0.267. The Labute approximate surface area is 138 Å². The van der Waals surface area contributed by atoms with Crippen molar-refractivity contribution in [1.82, 2.24) is 20.0 Å². The lowest BCUT2D eigenvalue weighted by molar-refractivity contribution is -0.126. The van der Waals surface area contributed by atoms with Crippen molar-refractivity contribution in [3.05, 3.63) is 0 Å². The van der Waals surface area contributed by atoms with Crippen LogP contribution in [0.2, 0.25) is 0 Å². The number of hydrogen-bond acceptors (Lipinski definition) is 4. The van der Waals surface area contributed by atoms with Crippen LogP contribution in [0.3, 0.4) is 0 Å². The molecule has 2 aliphatic heterocycles. The summed E-state index contributed by atoms with van der Waals surface area (Å²) in [5.41, 5.74) is 0. The summed E-state index contributed by atoms with van der Waals surface area (Å²) in [7, 11) is 1.61. The average Bonchev–Trinajstić information content (AvgIpc) is 2.79. The molecule has 1 N–H and O–H groups in total. The van der Waals surface area contributed by atoms with E-state index >= 15 is 0 Å². The van der Waals surface area contributed by atoms with Crippen molar-refractivity contribution < 1.29 is 14.4 Å². The van der Waals surface area contributed by atoms with E-state index in [1.54, 1.807) is 7.05 Å². The van der Waals surface area contributed by atoms with E-state index in [2.05, 4.69) is 10.2 Å². The molecule has 4 amide bonds. The van der Waals surface area contributed by atoms with Crippen LogP contribution in [0.25, 0.3) is 0 Å². The Morgan fingerprint density at radius 1 is 1.09 bits per heavy atom. The zero-order chi connectivity index (χ0) is 16.7. The molecule has 2 aliphatic rings. The Morgan fingerprint density at radius 2 is 1.83 bits per heavy atom. The predicted octanol–water partition coefficient (Wildman–Crippen LogP) is 0.653. The molecule has 0 aromatic carbocycles. The van der Waals surface area contributed by atoms with Crippen LogP contribution in [0.1, 0.15) is 38.5 Å². The number of likely N-dealkylation sites (tertiary alicyclic amines) is 1. The van der Waals surface area contributed by atoms with Crippen molar-refractivity contribution in [3.8, 4) is 0 Å². The maximum atomic E-state index is 11.8. The highest BCUT2D eigenvalue weighted by Gasteiger charge is 2.32. The first-order valence-electron chi connectivity index (χ1n) is 8.62. The molecule has 2 rings (SSSR count). The maximum Gasteiger partial charge on any atom is 0.326 e. The van der Waals surface area contributed by atoms with Crippen LogP contribution >= 0.6 is 0 Å². The number of likely N-dealkylation sites (N-methyl/N-ethyl adjacent to an activating group) is 1. The molecule has 0 aromatic rings. The van der Waals surface area contributed by atoms with Gasteiger partial charge in [-0.2, -0.15) is 0 Å². The number of amides is 4. The van der Waals surface area contributed by atoms with Gasteiger partial charge in [0.05, 0.1) is 0 Å². The third kappa shape index (κ3) is 5.49. The summed E-state index contributed by atoms with van der Waals surface area (Å²) < 4.78 is 0. The van der Waals surface area contributed by atoms with Gasteiger partial charge in [-0.3, -0.25) is 14.5 Å². The maximum absolute atomic E-state index is 11.8. The fourth-order valence-electron chi connectivity index (χ4n) is 3.09. The Bertz CT molecular complexity index is 435. The second-order valence-corrected chi connectivity index (χ2v) is 6.39. The monoisotopic (exact) mass is 324 g/mol. The molecule has 7 nitrogen and oxygen atoms in total. The number of carbonyl (C=O) groups is 3. The predicted molar refractivity (Wildman–Crippen MR) is 86.9 cm³/mol. The van der Waals surface area contributed by atoms with Gasteiger partial charge < -0.3 is 15.1 Å². The molecule has 7 heteroatoms. The van der Waals surface area contributed by atoms with E-state index in [1.807, 2.05) is 0 Å². The minimum Gasteiger partial charge on any atom is -0.356 e. The lowest BCUT2D eigenvalue weighted by Crippen LogP contribution is -2.34. The highest BCUT2D eigenvalue weighted by Crippen LogP contribution is 2.09. The Balaban J connectivity index is 1.51. The molecule has 130 valence electrons. The zero-order valence-electron chi connectivity index (χ0n) is 14.1. The van der Waals surface area contributed by atoms with Gasteiger partial charge in [-0.05, 0) is 45.3 Å². The van der Waals surface area contributed by atoms with E-state index in [0.717, 1.165) is 13.0 Å². The SMILES string of the molecule is CN1CC(=O)N(CCCC(=O)NCCCN2CCCCC2)C1=O. The van der Waals surface area contributed by atoms with Gasteiger partial charge >= 0.3 is 6.03 Å². The summed E-state index contributed by atoms with van der Waals surface area (Å²) in [5, 5.41) is 2.91. The van der Waals surface area contributed by atoms with Gasteiger partial charge in [0, 0.05) is 26.6 Å². The van der Waals surface area contributed by atoms with Crippen molar-refractivity contribution in [2.24, 2.45) is 0 Å². The van der Waals surface area contributed by atoms with Crippen LogP contribution in [0.5, 0.6) is 0 Å². The largest absolute Gasteiger partial charge is 0.356 e. The number of piperidine rings is 1. The Hall–Kier alpha value is -1.63. The van der Waals surface area contributed by atoms with E-state index in [4.69, 9.17) is 0 Å². The molecule has 2 saturated heterocycles. The molecule has 0 unspecified atom stereocenters. The number of carbonyl (C=O) groups excluding carboxylic acids is 3. The van der Waals surface area contributed by atoms with Crippen LogP contribution in [0.4, 0.5) is 4.79 Å². The van der Waals surface area contributed by atoms with Crippen LogP contribution < -0.4 is 5.32 Å². The minimum atomic E-state index is -0.267. The van der Waals surface area contributed by atoms with Gasteiger partial charge in [-0.1, -0.05) is 6.42 Å². The fraction of sp³-hybridized carbons (Fsp3) is 0.812. The van der Waals surface area contributed by atoms with Crippen LogP contribution in [0, 0.1) is 0 Å². The second-order valence-electron chi connectivity index (χ2n) is 6.39. The molecule has 2 fully saturated rings. The quantitative estimate of drug-likeness (QED) is 0.526. The van der Waals surface area contributed by atoms with Gasteiger partial charge in [-0.25, -0.2) is 4.79 Å². The highest BCUT2D eigenvalue weighted by molar-refractivity contribution is 6.01. The van der Waals surface area contributed by atoms with Gasteiger partial charge in [0.25, 0.3) is 0 Å².